The Kier molecular flexibility index (Phi) is 7.03. The first-order valence-electron chi connectivity index (χ1n) is 12.5. The largest absolute Gasteiger partial charge is 0.468 e. The molecule has 0 radical (unpaired) electrons. The average molecular weight is 533 g/mol. The van der Waals surface area contributed by atoms with Crippen molar-refractivity contribution < 1.29 is 9.53 Å². The maximum absolute atomic E-state index is 13.9. The van der Waals surface area contributed by atoms with Crippen LogP contribution in [0.25, 0.3) is 22.1 Å². The van der Waals surface area contributed by atoms with Crippen molar-refractivity contribution >= 4 is 34.0 Å². The van der Waals surface area contributed by atoms with E-state index in [1.54, 1.807) is 35.8 Å². The van der Waals surface area contributed by atoms with Crippen LogP contribution < -0.4 is 27.4 Å². The highest BCUT2D eigenvalue weighted by Crippen LogP contribution is 2.23. The van der Waals surface area contributed by atoms with Gasteiger partial charge >= 0.3 is 11.7 Å². The number of para-hydroxylation sites is 1. The molecule has 1 unspecified atom stereocenters. The van der Waals surface area contributed by atoms with Crippen LogP contribution in [0.5, 0.6) is 0 Å². The van der Waals surface area contributed by atoms with Crippen LogP contribution in [-0.2, 0) is 29.2 Å². The van der Waals surface area contributed by atoms with Crippen LogP contribution in [0.2, 0.25) is 0 Å². The maximum atomic E-state index is 13.9. The van der Waals surface area contributed by atoms with Gasteiger partial charge < -0.3 is 20.4 Å². The van der Waals surface area contributed by atoms with E-state index >= 15 is 0 Å². The molecule has 1 saturated heterocycles. The minimum absolute atomic E-state index is 0.0404. The van der Waals surface area contributed by atoms with Gasteiger partial charge in [0.1, 0.15) is 12.4 Å². The second kappa shape index (κ2) is 10.6. The summed E-state index contributed by atoms with van der Waals surface area (Å²) in [5, 5.41) is 0.382. The van der Waals surface area contributed by atoms with Crippen molar-refractivity contribution in [3.05, 3.63) is 61.3 Å². The number of imidazole rings is 1. The number of fused-ring (bicyclic) bond motifs is 2. The number of ether oxygens (including phenoxy) is 1. The van der Waals surface area contributed by atoms with Crippen LogP contribution in [0.4, 0.5) is 5.95 Å². The molecule has 0 bridgehead atoms. The highest BCUT2D eigenvalue weighted by molar-refractivity contribution is 5.78. The Hall–Kier alpha value is -4.70. The number of hydrogen-bond acceptors (Lipinski definition) is 9. The van der Waals surface area contributed by atoms with Gasteiger partial charge in [-0.1, -0.05) is 18.1 Å². The first-order chi connectivity index (χ1) is 18.8. The summed E-state index contributed by atoms with van der Waals surface area (Å²) in [5.41, 5.74) is 4.94. The molecule has 1 aliphatic heterocycles. The molecule has 1 fully saturated rings. The minimum Gasteiger partial charge on any atom is -0.468 e. The summed E-state index contributed by atoms with van der Waals surface area (Å²) in [6, 6.07) is 6.68. The molecule has 3 aromatic heterocycles. The third-order valence-corrected chi connectivity index (χ3v) is 6.73. The van der Waals surface area contributed by atoms with E-state index in [1.807, 2.05) is 4.90 Å². The number of nitrogens with two attached hydrogens (primary N) is 1. The molecule has 5 rings (SSSR count). The third kappa shape index (κ3) is 4.82. The number of benzene rings is 1. The van der Waals surface area contributed by atoms with E-state index < -0.39 is 29.3 Å². The normalized spacial score (nSPS) is 15.4. The second-order valence-corrected chi connectivity index (χ2v) is 9.31. The van der Waals surface area contributed by atoms with E-state index in [0.29, 0.717) is 29.9 Å². The lowest BCUT2D eigenvalue weighted by Gasteiger charge is -2.31. The zero-order valence-corrected chi connectivity index (χ0v) is 21.6. The smallest absolute Gasteiger partial charge is 0.333 e. The van der Waals surface area contributed by atoms with Gasteiger partial charge in [0.15, 0.2) is 11.2 Å². The first-order valence-corrected chi connectivity index (χ1v) is 12.5. The van der Waals surface area contributed by atoms with Gasteiger partial charge in [-0.25, -0.2) is 9.78 Å². The number of rotatable bonds is 6. The van der Waals surface area contributed by atoms with Crippen LogP contribution in [0.15, 0.2) is 38.6 Å². The van der Waals surface area contributed by atoms with Crippen molar-refractivity contribution in [1.29, 1.82) is 0 Å². The van der Waals surface area contributed by atoms with Gasteiger partial charge in [-0.2, -0.15) is 4.98 Å². The number of anilines is 1. The Labute approximate surface area is 221 Å². The lowest BCUT2D eigenvalue weighted by molar-refractivity contribution is -0.141. The fourth-order valence-electron chi connectivity index (χ4n) is 4.86. The van der Waals surface area contributed by atoms with Crippen molar-refractivity contribution in [3.8, 4) is 11.8 Å². The molecule has 13 nitrogen and oxygen atoms in total. The Morgan fingerprint density at radius 2 is 1.97 bits per heavy atom. The predicted octanol–water partition coefficient (Wildman–Crippen LogP) is -0.232. The van der Waals surface area contributed by atoms with Crippen LogP contribution in [-0.4, -0.2) is 60.9 Å². The van der Waals surface area contributed by atoms with E-state index in [-0.39, 0.29) is 36.1 Å². The van der Waals surface area contributed by atoms with Gasteiger partial charge in [0.05, 0.1) is 31.1 Å². The summed E-state index contributed by atoms with van der Waals surface area (Å²) in [6.45, 7) is 2.19. The second-order valence-electron chi connectivity index (χ2n) is 9.31. The number of aromatic amines is 1. The Bertz CT molecular complexity index is 1820. The topological polar surface area (TPSA) is 163 Å². The standard InChI is InChI=1S/C26H28N8O5/c1-3-4-12-32-21-22(30-25(32)31-11-7-8-16(27)13-31)33(15-20(35)39-2)26(38)34(24(21)37)14-19-28-18-10-6-5-9-17(18)23(36)29-19/h5-6,9-10,16H,7-8,11-15,27H2,1-2H3,(H,28,29,36). The number of aromatic nitrogens is 6. The number of methoxy groups -OCH3 is 1. The van der Waals surface area contributed by atoms with E-state index in [9.17, 15) is 19.2 Å². The summed E-state index contributed by atoms with van der Waals surface area (Å²) in [7, 11) is 1.21. The Balaban J connectivity index is 1.76. The molecule has 0 amide bonds. The molecule has 1 atom stereocenters. The van der Waals surface area contributed by atoms with Crippen molar-refractivity contribution in [1.82, 2.24) is 28.7 Å². The third-order valence-electron chi connectivity index (χ3n) is 6.73. The van der Waals surface area contributed by atoms with Crippen molar-refractivity contribution in [2.45, 2.75) is 45.4 Å². The number of hydrogen-bond donors (Lipinski definition) is 2. The van der Waals surface area contributed by atoms with Gasteiger partial charge in [-0.3, -0.25) is 28.1 Å². The Morgan fingerprint density at radius 3 is 2.72 bits per heavy atom. The van der Waals surface area contributed by atoms with Gasteiger partial charge in [0.2, 0.25) is 5.95 Å². The van der Waals surface area contributed by atoms with Gasteiger partial charge in [0.25, 0.3) is 11.1 Å². The molecule has 0 saturated carbocycles. The summed E-state index contributed by atoms with van der Waals surface area (Å²) >= 11 is 0. The molecule has 39 heavy (non-hydrogen) atoms. The number of esters is 1. The van der Waals surface area contributed by atoms with Gasteiger partial charge in [-0.15, -0.1) is 5.92 Å². The van der Waals surface area contributed by atoms with Crippen molar-refractivity contribution in [2.24, 2.45) is 5.73 Å². The number of piperidine rings is 1. The molecule has 4 aromatic rings. The average Bonchev–Trinajstić information content (AvgIpc) is 3.31. The fourth-order valence-corrected chi connectivity index (χ4v) is 4.86. The molecule has 0 spiro atoms. The summed E-state index contributed by atoms with van der Waals surface area (Å²) < 4.78 is 8.49. The number of nitrogens with one attached hydrogen (secondary N) is 1. The number of H-pyrrole nitrogens is 1. The monoisotopic (exact) mass is 532 g/mol. The molecule has 4 heterocycles. The zero-order chi connectivity index (χ0) is 27.7. The van der Waals surface area contributed by atoms with Crippen LogP contribution in [0, 0.1) is 11.8 Å². The number of carbonyl (C=O) groups excluding carboxylic acids is 1. The van der Waals surface area contributed by atoms with Crippen LogP contribution in [0.3, 0.4) is 0 Å². The van der Waals surface area contributed by atoms with Gasteiger partial charge in [-0.05, 0) is 31.9 Å². The fraction of sp³-hybridized carbons (Fsp3) is 0.385. The lowest BCUT2D eigenvalue weighted by atomic mass is 10.1. The van der Waals surface area contributed by atoms with Crippen molar-refractivity contribution in [3.63, 3.8) is 0 Å². The Morgan fingerprint density at radius 1 is 1.18 bits per heavy atom. The molecule has 1 aromatic carbocycles. The highest BCUT2D eigenvalue weighted by Gasteiger charge is 2.27. The minimum atomic E-state index is -0.790. The van der Waals surface area contributed by atoms with E-state index in [4.69, 9.17) is 10.5 Å². The quantitative estimate of drug-likeness (QED) is 0.252. The van der Waals surface area contributed by atoms with Crippen LogP contribution in [0.1, 0.15) is 25.6 Å². The summed E-state index contributed by atoms with van der Waals surface area (Å²) in [5.74, 6) is 5.67. The number of carbonyl (C=O) groups is 1. The SMILES string of the molecule is CC#CCn1c(N2CCCC(N)C2)nc2c1c(=O)n(Cc1nc3ccccc3c(=O)[nH]1)c(=O)n2CC(=O)OC. The molecule has 202 valence electrons. The van der Waals surface area contributed by atoms with E-state index in [0.717, 1.165) is 22.0 Å². The molecule has 13 heteroatoms. The molecule has 1 aliphatic rings. The zero-order valence-electron chi connectivity index (χ0n) is 21.6. The summed E-state index contributed by atoms with van der Waals surface area (Å²) in [4.78, 5) is 66.2. The lowest BCUT2D eigenvalue weighted by Crippen LogP contribution is -2.44. The molecule has 0 aliphatic carbocycles. The maximum Gasteiger partial charge on any atom is 0.333 e. The highest BCUT2D eigenvalue weighted by atomic mass is 16.5. The molecule has 3 N–H and O–H groups in total. The first kappa shape index (κ1) is 25.9. The van der Waals surface area contributed by atoms with Gasteiger partial charge in [0, 0.05) is 19.1 Å². The predicted molar refractivity (Wildman–Crippen MR) is 145 cm³/mol. The summed E-state index contributed by atoms with van der Waals surface area (Å²) in [6.07, 6.45) is 1.70. The number of nitrogens with zero attached hydrogens (tertiary/aromatic N) is 6. The molecular weight excluding hydrogens is 504 g/mol. The van der Waals surface area contributed by atoms with Crippen molar-refractivity contribution in [2.75, 3.05) is 25.1 Å². The molecular formula is C26H28N8O5. The van der Waals surface area contributed by atoms with Crippen LogP contribution >= 0.6 is 0 Å². The van der Waals surface area contributed by atoms with E-state index in [2.05, 4.69) is 26.8 Å². The van der Waals surface area contributed by atoms with E-state index in [1.165, 1.54) is 7.11 Å².